The Balaban J connectivity index is 1.84. The number of nitrogens with one attached hydrogen (secondary N) is 2. The summed E-state index contributed by atoms with van der Waals surface area (Å²) in [6.07, 6.45) is 2.24. The molecule has 0 aliphatic heterocycles. The zero-order valence-electron chi connectivity index (χ0n) is 11.5. The highest BCUT2D eigenvalue weighted by atomic mass is 16.1. The van der Waals surface area contributed by atoms with Crippen LogP contribution in [0.5, 0.6) is 0 Å². The van der Waals surface area contributed by atoms with E-state index in [1.807, 2.05) is 18.5 Å². The number of hydrogen-bond donors (Lipinski definition) is 2. The fourth-order valence-corrected chi connectivity index (χ4v) is 1.64. The smallest absolute Gasteiger partial charge is 0.271 e. The summed E-state index contributed by atoms with van der Waals surface area (Å²) in [6, 6.07) is 3.37. The molecular weight excluding hydrogens is 258 g/mol. The maximum atomic E-state index is 11.9. The third-order valence-electron chi connectivity index (χ3n) is 2.69. The van der Waals surface area contributed by atoms with Gasteiger partial charge in [-0.2, -0.15) is 0 Å². The molecule has 0 aromatic carbocycles. The van der Waals surface area contributed by atoms with Crippen molar-refractivity contribution < 1.29 is 4.79 Å². The molecule has 8 nitrogen and oxygen atoms in total. The van der Waals surface area contributed by atoms with Crippen LogP contribution in [0.2, 0.25) is 0 Å². The summed E-state index contributed by atoms with van der Waals surface area (Å²) in [4.78, 5) is 11.9. The van der Waals surface area contributed by atoms with E-state index in [1.54, 1.807) is 18.5 Å². The Morgan fingerprint density at radius 2 is 2.15 bits per heavy atom. The lowest BCUT2D eigenvalue weighted by Gasteiger charge is -2.05. The Morgan fingerprint density at radius 3 is 2.75 bits per heavy atom. The third kappa shape index (κ3) is 3.50. The van der Waals surface area contributed by atoms with Crippen molar-refractivity contribution in [1.82, 2.24) is 30.3 Å². The summed E-state index contributed by atoms with van der Waals surface area (Å²) >= 11 is 0. The number of anilines is 1. The van der Waals surface area contributed by atoms with E-state index in [-0.39, 0.29) is 5.91 Å². The van der Waals surface area contributed by atoms with Crippen LogP contribution in [-0.4, -0.2) is 44.0 Å². The SMILES string of the molecule is CCNc1ccc(C(=O)NCCc2nncn2C)nn1. The van der Waals surface area contributed by atoms with Gasteiger partial charge in [-0.05, 0) is 19.1 Å². The lowest BCUT2D eigenvalue weighted by Crippen LogP contribution is -2.27. The van der Waals surface area contributed by atoms with Crippen molar-refractivity contribution in [3.8, 4) is 0 Å². The van der Waals surface area contributed by atoms with Crippen molar-refractivity contribution in [3.05, 3.63) is 30.0 Å². The number of carbonyl (C=O) groups is 1. The molecule has 0 unspecified atom stereocenters. The van der Waals surface area contributed by atoms with E-state index in [0.29, 0.717) is 24.5 Å². The van der Waals surface area contributed by atoms with Crippen LogP contribution in [0.15, 0.2) is 18.5 Å². The highest BCUT2D eigenvalue weighted by molar-refractivity contribution is 5.92. The molecule has 8 heteroatoms. The van der Waals surface area contributed by atoms with E-state index in [1.165, 1.54) is 0 Å². The van der Waals surface area contributed by atoms with Gasteiger partial charge < -0.3 is 15.2 Å². The fraction of sp³-hybridized carbons (Fsp3) is 0.417. The molecule has 0 aliphatic carbocycles. The van der Waals surface area contributed by atoms with Crippen molar-refractivity contribution in [2.24, 2.45) is 7.05 Å². The number of hydrogen-bond acceptors (Lipinski definition) is 6. The van der Waals surface area contributed by atoms with Crippen molar-refractivity contribution >= 4 is 11.7 Å². The number of carbonyl (C=O) groups excluding carboxylic acids is 1. The van der Waals surface area contributed by atoms with E-state index in [2.05, 4.69) is 31.0 Å². The second-order valence-corrected chi connectivity index (χ2v) is 4.20. The average Bonchev–Trinajstić information content (AvgIpc) is 2.85. The highest BCUT2D eigenvalue weighted by Crippen LogP contribution is 2.01. The Bertz CT molecular complexity index is 563. The van der Waals surface area contributed by atoms with Gasteiger partial charge in [-0.15, -0.1) is 20.4 Å². The number of aryl methyl sites for hydroxylation is 1. The number of rotatable bonds is 6. The van der Waals surface area contributed by atoms with Gasteiger partial charge in [0.1, 0.15) is 18.0 Å². The standard InChI is InChI=1S/C12H17N7O/c1-3-13-10-5-4-9(16-17-10)12(20)14-7-6-11-18-15-8-19(11)2/h4-5,8H,3,6-7H2,1-2H3,(H,13,17)(H,14,20). The van der Waals surface area contributed by atoms with Crippen LogP contribution in [-0.2, 0) is 13.5 Å². The number of nitrogens with zero attached hydrogens (tertiary/aromatic N) is 5. The van der Waals surface area contributed by atoms with Crippen molar-refractivity contribution in [1.29, 1.82) is 0 Å². The molecule has 0 atom stereocenters. The van der Waals surface area contributed by atoms with Crippen LogP contribution in [0.1, 0.15) is 23.2 Å². The quantitative estimate of drug-likeness (QED) is 0.770. The second-order valence-electron chi connectivity index (χ2n) is 4.20. The first-order chi connectivity index (χ1) is 9.70. The zero-order chi connectivity index (χ0) is 14.4. The molecule has 0 radical (unpaired) electrons. The first-order valence-electron chi connectivity index (χ1n) is 6.39. The van der Waals surface area contributed by atoms with E-state index < -0.39 is 0 Å². The molecule has 2 rings (SSSR count). The predicted molar refractivity (Wildman–Crippen MR) is 73.2 cm³/mol. The first kappa shape index (κ1) is 13.9. The Kier molecular flexibility index (Phi) is 4.59. The van der Waals surface area contributed by atoms with Gasteiger partial charge in [-0.3, -0.25) is 4.79 Å². The van der Waals surface area contributed by atoms with Crippen molar-refractivity contribution in [2.75, 3.05) is 18.4 Å². The Hall–Kier alpha value is -2.51. The molecule has 0 spiro atoms. The lowest BCUT2D eigenvalue weighted by molar-refractivity contribution is 0.0948. The van der Waals surface area contributed by atoms with Crippen LogP contribution >= 0.6 is 0 Å². The maximum Gasteiger partial charge on any atom is 0.271 e. The maximum absolute atomic E-state index is 11.9. The molecule has 0 fully saturated rings. The molecule has 2 heterocycles. The summed E-state index contributed by atoms with van der Waals surface area (Å²) in [5.74, 6) is 1.23. The van der Waals surface area contributed by atoms with Gasteiger partial charge in [0.25, 0.3) is 5.91 Å². The average molecular weight is 275 g/mol. The lowest BCUT2D eigenvalue weighted by atomic mass is 10.3. The van der Waals surface area contributed by atoms with Crippen LogP contribution in [0, 0.1) is 0 Å². The monoisotopic (exact) mass is 275 g/mol. The fourth-order valence-electron chi connectivity index (χ4n) is 1.64. The molecule has 2 aromatic rings. The summed E-state index contributed by atoms with van der Waals surface area (Å²) in [5.41, 5.74) is 0.296. The molecule has 0 aliphatic rings. The van der Waals surface area contributed by atoms with E-state index in [0.717, 1.165) is 12.4 Å². The molecule has 1 amide bonds. The third-order valence-corrected chi connectivity index (χ3v) is 2.69. The Labute approximate surface area is 116 Å². The minimum atomic E-state index is -0.247. The highest BCUT2D eigenvalue weighted by Gasteiger charge is 2.08. The molecular formula is C12H17N7O. The van der Waals surface area contributed by atoms with Gasteiger partial charge >= 0.3 is 0 Å². The molecule has 2 aromatic heterocycles. The first-order valence-corrected chi connectivity index (χ1v) is 6.39. The molecule has 2 N–H and O–H groups in total. The summed E-state index contributed by atoms with van der Waals surface area (Å²) < 4.78 is 1.82. The van der Waals surface area contributed by atoms with Gasteiger partial charge in [0, 0.05) is 26.6 Å². The zero-order valence-corrected chi connectivity index (χ0v) is 11.5. The minimum absolute atomic E-state index is 0.247. The largest absolute Gasteiger partial charge is 0.369 e. The van der Waals surface area contributed by atoms with E-state index >= 15 is 0 Å². The van der Waals surface area contributed by atoms with Crippen molar-refractivity contribution in [3.63, 3.8) is 0 Å². The van der Waals surface area contributed by atoms with Gasteiger partial charge in [0.2, 0.25) is 0 Å². The predicted octanol–water partition coefficient (Wildman–Crippen LogP) is 0.00940. The Morgan fingerprint density at radius 1 is 1.30 bits per heavy atom. The molecule has 106 valence electrons. The normalized spacial score (nSPS) is 10.3. The van der Waals surface area contributed by atoms with Crippen LogP contribution in [0.4, 0.5) is 5.82 Å². The molecule has 20 heavy (non-hydrogen) atoms. The topological polar surface area (TPSA) is 97.6 Å². The van der Waals surface area contributed by atoms with Gasteiger partial charge in [-0.25, -0.2) is 0 Å². The summed E-state index contributed by atoms with van der Waals surface area (Å²) in [7, 11) is 1.86. The van der Waals surface area contributed by atoms with Crippen LogP contribution in [0.25, 0.3) is 0 Å². The van der Waals surface area contributed by atoms with Crippen LogP contribution < -0.4 is 10.6 Å². The van der Waals surface area contributed by atoms with Crippen molar-refractivity contribution in [2.45, 2.75) is 13.3 Å². The van der Waals surface area contributed by atoms with E-state index in [9.17, 15) is 4.79 Å². The number of aromatic nitrogens is 5. The van der Waals surface area contributed by atoms with Gasteiger partial charge in [0.15, 0.2) is 5.69 Å². The minimum Gasteiger partial charge on any atom is -0.369 e. The second kappa shape index (κ2) is 6.60. The molecule has 0 saturated heterocycles. The number of amides is 1. The van der Waals surface area contributed by atoms with Crippen LogP contribution in [0.3, 0.4) is 0 Å². The van der Waals surface area contributed by atoms with E-state index in [4.69, 9.17) is 0 Å². The van der Waals surface area contributed by atoms with Gasteiger partial charge in [0.05, 0.1) is 0 Å². The van der Waals surface area contributed by atoms with Gasteiger partial charge in [-0.1, -0.05) is 0 Å². The molecule has 0 bridgehead atoms. The molecule has 0 saturated carbocycles. The summed E-state index contributed by atoms with van der Waals surface area (Å²) in [5, 5.41) is 21.3. The summed E-state index contributed by atoms with van der Waals surface area (Å²) in [6.45, 7) is 3.20.